The lowest BCUT2D eigenvalue weighted by atomic mass is 10.1. The van der Waals surface area contributed by atoms with E-state index in [2.05, 4.69) is 10.6 Å². The maximum absolute atomic E-state index is 13.0. The highest BCUT2D eigenvalue weighted by atomic mass is 19.1. The molecule has 2 amide bonds. The lowest BCUT2D eigenvalue weighted by Gasteiger charge is -2.12. The van der Waals surface area contributed by atoms with Crippen LogP contribution < -0.4 is 24.8 Å². The highest BCUT2D eigenvalue weighted by Gasteiger charge is 2.12. The molecular weight excluding hydrogens is 453 g/mol. The Morgan fingerprint density at radius 3 is 2.20 bits per heavy atom. The summed E-state index contributed by atoms with van der Waals surface area (Å²) in [5, 5.41) is 14.7. The van der Waals surface area contributed by atoms with Crippen LogP contribution in [0, 0.1) is 17.1 Å². The van der Waals surface area contributed by atoms with Crippen molar-refractivity contribution in [2.24, 2.45) is 0 Å². The summed E-state index contributed by atoms with van der Waals surface area (Å²) in [6.45, 7) is -0.263. The molecule has 0 aliphatic carbocycles. The molecule has 0 unspecified atom stereocenters. The molecule has 0 radical (unpaired) electrons. The number of nitriles is 1. The van der Waals surface area contributed by atoms with Gasteiger partial charge in [-0.2, -0.15) is 5.26 Å². The van der Waals surface area contributed by atoms with Crippen LogP contribution in [0.5, 0.6) is 17.2 Å². The number of benzene rings is 3. The third kappa shape index (κ3) is 7.07. The molecule has 0 spiro atoms. The fourth-order valence-corrected chi connectivity index (χ4v) is 2.95. The van der Waals surface area contributed by atoms with Gasteiger partial charge in [-0.15, -0.1) is 0 Å². The van der Waals surface area contributed by atoms with Gasteiger partial charge in [0.05, 0.1) is 14.2 Å². The average Bonchev–Trinajstić information content (AvgIpc) is 2.88. The molecule has 0 aromatic heterocycles. The number of carbonyl (C=O) groups is 2. The van der Waals surface area contributed by atoms with E-state index in [9.17, 15) is 19.2 Å². The fraction of sp³-hybridized carbons (Fsp3) is 0.115. The minimum absolute atomic E-state index is 0.163. The van der Waals surface area contributed by atoms with Crippen LogP contribution in [0.25, 0.3) is 6.08 Å². The summed E-state index contributed by atoms with van der Waals surface area (Å²) >= 11 is 0. The molecule has 0 aliphatic heterocycles. The quantitative estimate of drug-likeness (QED) is 0.351. The minimum Gasteiger partial charge on any atom is -0.497 e. The standard InChI is InChI=1S/C26H22FN3O5/c1-33-22-10-8-20(9-11-22)29-25(31)16-35-23-12-3-17(14-24(23)34-2)13-18(15-28)26(32)30-21-6-4-19(27)5-7-21/h3-14H,16H2,1-2H3,(H,29,31)(H,30,32)/b18-13+. The van der Waals surface area contributed by atoms with Crippen LogP contribution in [-0.2, 0) is 9.59 Å². The first kappa shape index (κ1) is 24.8. The number of rotatable bonds is 9. The number of methoxy groups -OCH3 is 2. The van der Waals surface area contributed by atoms with E-state index in [1.165, 1.54) is 37.5 Å². The van der Waals surface area contributed by atoms with E-state index in [0.717, 1.165) is 0 Å². The summed E-state index contributed by atoms with van der Waals surface area (Å²) in [6, 6.07) is 18.6. The Kier molecular flexibility index (Phi) is 8.40. The topological polar surface area (TPSA) is 110 Å². The van der Waals surface area contributed by atoms with Gasteiger partial charge in [-0.3, -0.25) is 9.59 Å². The highest BCUT2D eigenvalue weighted by molar-refractivity contribution is 6.09. The van der Waals surface area contributed by atoms with Crippen molar-refractivity contribution in [3.63, 3.8) is 0 Å². The molecule has 0 heterocycles. The van der Waals surface area contributed by atoms with Crippen molar-refractivity contribution < 1.29 is 28.2 Å². The van der Waals surface area contributed by atoms with Crippen molar-refractivity contribution in [1.29, 1.82) is 5.26 Å². The molecule has 0 saturated heterocycles. The lowest BCUT2D eigenvalue weighted by Crippen LogP contribution is -2.20. The molecule has 35 heavy (non-hydrogen) atoms. The smallest absolute Gasteiger partial charge is 0.266 e. The summed E-state index contributed by atoms with van der Waals surface area (Å²) in [6.07, 6.45) is 1.38. The Morgan fingerprint density at radius 1 is 0.914 bits per heavy atom. The number of carbonyl (C=O) groups excluding carboxylic acids is 2. The molecule has 2 N–H and O–H groups in total. The van der Waals surface area contributed by atoms with E-state index in [0.29, 0.717) is 34.2 Å². The monoisotopic (exact) mass is 475 g/mol. The van der Waals surface area contributed by atoms with Crippen LogP contribution in [-0.4, -0.2) is 32.6 Å². The third-order valence-corrected chi connectivity index (χ3v) is 4.70. The number of amides is 2. The zero-order valence-electron chi connectivity index (χ0n) is 19.0. The molecule has 0 aliphatic rings. The van der Waals surface area contributed by atoms with Crippen LogP contribution in [0.2, 0.25) is 0 Å². The fourth-order valence-electron chi connectivity index (χ4n) is 2.95. The van der Waals surface area contributed by atoms with E-state index in [1.807, 2.05) is 6.07 Å². The van der Waals surface area contributed by atoms with Crippen LogP contribution >= 0.6 is 0 Å². The van der Waals surface area contributed by atoms with E-state index < -0.39 is 11.7 Å². The first-order valence-electron chi connectivity index (χ1n) is 10.4. The Morgan fingerprint density at radius 2 is 1.57 bits per heavy atom. The molecule has 0 atom stereocenters. The van der Waals surface area contributed by atoms with Crippen LogP contribution in [0.3, 0.4) is 0 Å². The van der Waals surface area contributed by atoms with Crippen molar-refractivity contribution in [3.05, 3.63) is 83.7 Å². The number of nitrogens with zero attached hydrogens (tertiary/aromatic N) is 1. The Hall–Kier alpha value is -4.84. The van der Waals surface area contributed by atoms with Gasteiger partial charge < -0.3 is 24.8 Å². The van der Waals surface area contributed by atoms with E-state index in [1.54, 1.807) is 49.6 Å². The van der Waals surface area contributed by atoms with Gasteiger partial charge in [-0.1, -0.05) is 6.07 Å². The van der Waals surface area contributed by atoms with Crippen molar-refractivity contribution in [3.8, 4) is 23.3 Å². The van der Waals surface area contributed by atoms with Crippen molar-refractivity contribution in [1.82, 2.24) is 0 Å². The predicted molar refractivity (Wildman–Crippen MR) is 129 cm³/mol. The average molecular weight is 475 g/mol. The number of ether oxygens (including phenoxy) is 3. The molecule has 3 rings (SSSR count). The highest BCUT2D eigenvalue weighted by Crippen LogP contribution is 2.29. The number of nitrogens with one attached hydrogen (secondary N) is 2. The van der Waals surface area contributed by atoms with Crippen LogP contribution in [0.1, 0.15) is 5.56 Å². The Labute approximate surface area is 201 Å². The second kappa shape index (κ2) is 11.9. The first-order chi connectivity index (χ1) is 16.9. The molecule has 3 aromatic rings. The van der Waals surface area contributed by atoms with Gasteiger partial charge in [0.15, 0.2) is 18.1 Å². The largest absolute Gasteiger partial charge is 0.497 e. The van der Waals surface area contributed by atoms with Crippen molar-refractivity contribution >= 4 is 29.3 Å². The summed E-state index contributed by atoms with van der Waals surface area (Å²) in [5.74, 6) is -0.160. The van der Waals surface area contributed by atoms with Gasteiger partial charge in [-0.05, 0) is 72.3 Å². The van der Waals surface area contributed by atoms with Gasteiger partial charge in [0.1, 0.15) is 23.2 Å². The van der Waals surface area contributed by atoms with Crippen LogP contribution in [0.4, 0.5) is 15.8 Å². The van der Waals surface area contributed by atoms with E-state index in [-0.39, 0.29) is 18.1 Å². The van der Waals surface area contributed by atoms with E-state index >= 15 is 0 Å². The molecule has 8 nitrogen and oxygen atoms in total. The minimum atomic E-state index is -0.645. The SMILES string of the molecule is COc1ccc(NC(=O)COc2ccc(/C=C(\C#N)C(=O)Nc3ccc(F)cc3)cc2OC)cc1. The number of anilines is 2. The van der Waals surface area contributed by atoms with Crippen LogP contribution in [0.15, 0.2) is 72.3 Å². The first-order valence-corrected chi connectivity index (χ1v) is 10.4. The zero-order chi connectivity index (χ0) is 25.2. The summed E-state index contributed by atoms with van der Waals surface area (Å²) in [5.41, 5.74) is 1.29. The molecule has 3 aromatic carbocycles. The zero-order valence-corrected chi connectivity index (χ0v) is 19.0. The molecule has 0 fully saturated rings. The summed E-state index contributed by atoms with van der Waals surface area (Å²) in [4.78, 5) is 24.6. The summed E-state index contributed by atoms with van der Waals surface area (Å²) in [7, 11) is 2.99. The van der Waals surface area contributed by atoms with Gasteiger partial charge in [-0.25, -0.2) is 4.39 Å². The molecular formula is C26H22FN3O5. The van der Waals surface area contributed by atoms with Crippen molar-refractivity contribution in [2.45, 2.75) is 0 Å². The number of hydrogen-bond donors (Lipinski definition) is 2. The maximum Gasteiger partial charge on any atom is 0.266 e. The lowest BCUT2D eigenvalue weighted by molar-refractivity contribution is -0.118. The Bertz CT molecular complexity index is 1270. The van der Waals surface area contributed by atoms with E-state index in [4.69, 9.17) is 14.2 Å². The van der Waals surface area contributed by atoms with Gasteiger partial charge in [0.2, 0.25) is 0 Å². The third-order valence-electron chi connectivity index (χ3n) is 4.70. The van der Waals surface area contributed by atoms with Gasteiger partial charge in [0.25, 0.3) is 11.8 Å². The maximum atomic E-state index is 13.0. The summed E-state index contributed by atoms with van der Waals surface area (Å²) < 4.78 is 29.0. The second-order valence-corrected chi connectivity index (χ2v) is 7.11. The molecule has 0 bridgehead atoms. The second-order valence-electron chi connectivity index (χ2n) is 7.11. The predicted octanol–water partition coefficient (Wildman–Crippen LogP) is 4.41. The van der Waals surface area contributed by atoms with Gasteiger partial charge >= 0.3 is 0 Å². The number of halogens is 1. The Balaban J connectivity index is 1.65. The van der Waals surface area contributed by atoms with Gasteiger partial charge in [0, 0.05) is 11.4 Å². The molecule has 9 heteroatoms. The molecule has 0 saturated carbocycles. The number of hydrogen-bond acceptors (Lipinski definition) is 6. The van der Waals surface area contributed by atoms with Crippen molar-refractivity contribution in [2.75, 3.05) is 31.5 Å². The molecule has 178 valence electrons. The normalized spacial score (nSPS) is 10.6.